The number of thiophene rings is 1. The highest BCUT2D eigenvalue weighted by molar-refractivity contribution is 7.14. The number of nitrogens with zero attached hydrogens (tertiary/aromatic N) is 2. The van der Waals surface area contributed by atoms with Crippen molar-refractivity contribution in [2.75, 3.05) is 46.2 Å². The molecular weight excluding hydrogens is 398 g/mol. The lowest BCUT2D eigenvalue weighted by molar-refractivity contribution is -0.0750. The molecular formula is C20H28ClN3O3S. The number of ether oxygens (including phenoxy) is 1. The van der Waals surface area contributed by atoms with Gasteiger partial charge in [-0.25, -0.2) is 4.79 Å². The minimum atomic E-state index is -1.00. The molecule has 8 heteroatoms. The number of amides is 2. The third-order valence-corrected chi connectivity index (χ3v) is 5.86. The van der Waals surface area contributed by atoms with Crippen molar-refractivity contribution >= 4 is 34.8 Å². The van der Waals surface area contributed by atoms with Crippen LogP contribution in [-0.2, 0) is 5.60 Å². The second kappa shape index (κ2) is 9.60. The molecule has 1 aromatic heterocycles. The van der Waals surface area contributed by atoms with Crippen molar-refractivity contribution in [1.29, 1.82) is 0 Å². The quantitative estimate of drug-likeness (QED) is 0.769. The van der Waals surface area contributed by atoms with Crippen molar-refractivity contribution in [2.24, 2.45) is 5.92 Å². The monoisotopic (exact) mass is 425 g/mol. The Bertz CT molecular complexity index is 772. The van der Waals surface area contributed by atoms with Gasteiger partial charge in [0.2, 0.25) is 0 Å². The summed E-state index contributed by atoms with van der Waals surface area (Å²) >= 11 is 1.50. The van der Waals surface area contributed by atoms with Crippen LogP contribution in [0.15, 0.2) is 41.8 Å². The number of likely N-dealkylation sites (tertiary alicyclic amines) is 1. The minimum absolute atomic E-state index is 0. The van der Waals surface area contributed by atoms with Gasteiger partial charge in [0.25, 0.3) is 0 Å². The van der Waals surface area contributed by atoms with Gasteiger partial charge in [-0.3, -0.25) is 5.32 Å². The summed E-state index contributed by atoms with van der Waals surface area (Å²) in [6, 6.07) is 11.3. The molecule has 3 rings (SSSR count). The van der Waals surface area contributed by atoms with Crippen LogP contribution in [0.25, 0.3) is 0 Å². The highest BCUT2D eigenvalue weighted by atomic mass is 35.5. The Morgan fingerprint density at radius 3 is 2.82 bits per heavy atom. The Balaban J connectivity index is 0.00000280. The van der Waals surface area contributed by atoms with Crippen molar-refractivity contribution in [1.82, 2.24) is 9.80 Å². The SMILES string of the molecule is COc1cccc(C2(O)CCN(C(=O)Nc3cccs3)CC2CN(C)C)c1.Cl. The van der Waals surface area contributed by atoms with Gasteiger partial charge in [0.1, 0.15) is 5.75 Å². The maximum absolute atomic E-state index is 12.7. The molecule has 1 saturated heterocycles. The third-order valence-electron chi connectivity index (χ3n) is 5.07. The fourth-order valence-electron chi connectivity index (χ4n) is 3.66. The van der Waals surface area contributed by atoms with Crippen LogP contribution < -0.4 is 10.1 Å². The fourth-order valence-corrected chi connectivity index (χ4v) is 4.27. The van der Waals surface area contributed by atoms with Crippen LogP contribution in [0.4, 0.5) is 9.80 Å². The Morgan fingerprint density at radius 1 is 1.39 bits per heavy atom. The van der Waals surface area contributed by atoms with Crippen LogP contribution in [0.2, 0.25) is 0 Å². The second-order valence-corrected chi connectivity index (χ2v) is 8.17. The summed E-state index contributed by atoms with van der Waals surface area (Å²) in [6.07, 6.45) is 0.483. The van der Waals surface area contributed by atoms with Crippen LogP contribution in [-0.4, -0.2) is 61.8 Å². The van der Waals surface area contributed by atoms with Crippen LogP contribution in [0, 0.1) is 5.92 Å². The summed E-state index contributed by atoms with van der Waals surface area (Å²) in [6.45, 7) is 1.66. The van der Waals surface area contributed by atoms with Gasteiger partial charge in [-0.15, -0.1) is 23.7 Å². The van der Waals surface area contributed by atoms with Crippen LogP contribution in [0.1, 0.15) is 12.0 Å². The number of methoxy groups -OCH3 is 1. The van der Waals surface area contributed by atoms with Crippen molar-refractivity contribution in [3.63, 3.8) is 0 Å². The molecule has 2 unspecified atom stereocenters. The first kappa shape index (κ1) is 22.5. The summed E-state index contributed by atoms with van der Waals surface area (Å²) in [4.78, 5) is 16.5. The molecule has 2 atom stereocenters. The molecule has 0 saturated carbocycles. The summed E-state index contributed by atoms with van der Waals surface area (Å²) in [7, 11) is 5.59. The number of benzene rings is 1. The van der Waals surface area contributed by atoms with E-state index in [4.69, 9.17) is 4.74 Å². The van der Waals surface area contributed by atoms with Gasteiger partial charge in [0.05, 0.1) is 17.7 Å². The Morgan fingerprint density at radius 2 is 2.18 bits per heavy atom. The lowest BCUT2D eigenvalue weighted by Gasteiger charge is -2.45. The van der Waals surface area contributed by atoms with Crippen molar-refractivity contribution in [3.8, 4) is 5.75 Å². The van der Waals surface area contributed by atoms with Gasteiger partial charge in [0, 0.05) is 25.6 Å². The number of anilines is 1. The molecule has 0 spiro atoms. The predicted octanol–water partition coefficient (Wildman–Crippen LogP) is 3.48. The third kappa shape index (κ3) is 4.97. The number of piperidine rings is 1. The van der Waals surface area contributed by atoms with Gasteiger partial charge in [0.15, 0.2) is 0 Å². The highest BCUT2D eigenvalue weighted by Gasteiger charge is 2.44. The summed E-state index contributed by atoms with van der Waals surface area (Å²) in [5.74, 6) is 0.616. The Labute approximate surface area is 176 Å². The Kier molecular flexibility index (Phi) is 7.71. The number of urea groups is 1. The molecule has 2 N–H and O–H groups in total. The number of carbonyl (C=O) groups is 1. The molecule has 0 aliphatic carbocycles. The average molecular weight is 426 g/mol. The molecule has 1 aromatic carbocycles. The van der Waals surface area contributed by atoms with Gasteiger partial charge in [-0.2, -0.15) is 0 Å². The first-order valence-corrected chi connectivity index (χ1v) is 9.91. The maximum Gasteiger partial charge on any atom is 0.322 e. The van der Waals surface area contributed by atoms with E-state index in [1.165, 1.54) is 11.3 Å². The average Bonchev–Trinajstić information content (AvgIpc) is 3.16. The van der Waals surface area contributed by atoms with Crippen LogP contribution >= 0.6 is 23.7 Å². The second-order valence-electron chi connectivity index (χ2n) is 7.22. The van der Waals surface area contributed by atoms with E-state index in [-0.39, 0.29) is 24.4 Å². The summed E-state index contributed by atoms with van der Waals surface area (Å²) < 4.78 is 5.33. The van der Waals surface area contributed by atoms with Crippen molar-refractivity contribution < 1.29 is 14.6 Å². The largest absolute Gasteiger partial charge is 0.497 e. The molecule has 1 aliphatic rings. The predicted molar refractivity (Wildman–Crippen MR) is 116 cm³/mol. The first-order valence-electron chi connectivity index (χ1n) is 9.03. The molecule has 2 amide bonds. The molecule has 28 heavy (non-hydrogen) atoms. The highest BCUT2D eigenvalue weighted by Crippen LogP contribution is 2.39. The molecule has 1 fully saturated rings. The molecule has 0 bridgehead atoms. The van der Waals surface area contributed by atoms with E-state index in [0.29, 0.717) is 26.1 Å². The van der Waals surface area contributed by atoms with Gasteiger partial charge in [-0.05, 0) is 55.7 Å². The molecule has 2 aromatic rings. The van der Waals surface area contributed by atoms with Crippen LogP contribution in [0.3, 0.4) is 0 Å². The zero-order valence-corrected chi connectivity index (χ0v) is 18.1. The first-order chi connectivity index (χ1) is 12.9. The maximum atomic E-state index is 12.7. The number of aliphatic hydroxyl groups is 1. The molecule has 2 heterocycles. The minimum Gasteiger partial charge on any atom is -0.497 e. The van der Waals surface area contributed by atoms with Crippen molar-refractivity contribution in [2.45, 2.75) is 12.0 Å². The number of halogens is 1. The van der Waals surface area contributed by atoms with E-state index in [1.54, 1.807) is 12.0 Å². The Hall–Kier alpha value is -1.80. The normalized spacial score (nSPS) is 21.9. The van der Waals surface area contributed by atoms with E-state index >= 15 is 0 Å². The standard InChI is InChI=1S/C20H27N3O3S.ClH/c1-22(2)13-16-14-23(19(24)21-18-8-5-11-27-18)10-9-20(16,25)15-6-4-7-17(12-15)26-3;/h4-8,11-12,16,25H,9-10,13-14H2,1-3H3,(H,21,24);1H. The lowest BCUT2D eigenvalue weighted by atomic mass is 9.75. The summed E-state index contributed by atoms with van der Waals surface area (Å²) in [5.41, 5.74) is -0.162. The zero-order chi connectivity index (χ0) is 19.4. The topological polar surface area (TPSA) is 65.0 Å². The molecule has 6 nitrogen and oxygen atoms in total. The molecule has 0 radical (unpaired) electrons. The number of carbonyl (C=O) groups excluding carboxylic acids is 1. The summed E-state index contributed by atoms with van der Waals surface area (Å²) in [5, 5.41) is 17.3. The molecule has 154 valence electrons. The van der Waals surface area contributed by atoms with Crippen molar-refractivity contribution in [3.05, 3.63) is 47.3 Å². The van der Waals surface area contributed by atoms with E-state index < -0.39 is 5.60 Å². The van der Waals surface area contributed by atoms with E-state index in [9.17, 15) is 9.90 Å². The number of nitrogens with one attached hydrogen (secondary N) is 1. The lowest BCUT2D eigenvalue weighted by Crippen LogP contribution is -2.55. The number of hydrogen-bond acceptors (Lipinski definition) is 5. The molecule has 1 aliphatic heterocycles. The van der Waals surface area contributed by atoms with Gasteiger partial charge in [-0.1, -0.05) is 12.1 Å². The smallest absolute Gasteiger partial charge is 0.322 e. The van der Waals surface area contributed by atoms with E-state index in [1.807, 2.05) is 55.9 Å². The van der Waals surface area contributed by atoms with E-state index in [2.05, 4.69) is 10.2 Å². The van der Waals surface area contributed by atoms with Gasteiger partial charge >= 0.3 is 6.03 Å². The van der Waals surface area contributed by atoms with E-state index in [0.717, 1.165) is 16.3 Å². The number of rotatable bonds is 5. The van der Waals surface area contributed by atoms with Crippen LogP contribution in [0.5, 0.6) is 5.75 Å². The van der Waals surface area contributed by atoms with Gasteiger partial charge < -0.3 is 19.6 Å². The zero-order valence-electron chi connectivity index (χ0n) is 16.4. The number of hydrogen-bond donors (Lipinski definition) is 2. The fraction of sp³-hybridized carbons (Fsp3) is 0.450.